The molecule has 1 aromatic carbocycles. The van der Waals surface area contributed by atoms with Gasteiger partial charge in [-0.05, 0) is 30.5 Å². The number of carbonyl (C=O) groups excluding carboxylic acids is 1. The van der Waals surface area contributed by atoms with Crippen molar-refractivity contribution < 1.29 is 18.0 Å². The average molecular weight is 419 g/mol. The summed E-state index contributed by atoms with van der Waals surface area (Å²) >= 11 is 0. The lowest BCUT2D eigenvalue weighted by Crippen LogP contribution is -2.46. The monoisotopic (exact) mass is 419 g/mol. The predicted molar refractivity (Wildman–Crippen MR) is 107 cm³/mol. The molecule has 0 spiro atoms. The summed E-state index contributed by atoms with van der Waals surface area (Å²) in [7, 11) is 0. The van der Waals surface area contributed by atoms with Crippen molar-refractivity contribution >= 4 is 11.7 Å². The number of rotatable bonds is 3. The third-order valence-electron chi connectivity index (χ3n) is 5.61. The fraction of sp³-hybridized carbons (Fsp3) is 0.429. The summed E-state index contributed by atoms with van der Waals surface area (Å²) in [5.74, 6) is 0.547. The lowest BCUT2D eigenvalue weighted by atomic mass is 10.0. The van der Waals surface area contributed by atoms with E-state index in [0.29, 0.717) is 38.4 Å². The van der Waals surface area contributed by atoms with Gasteiger partial charge in [-0.15, -0.1) is 0 Å². The summed E-state index contributed by atoms with van der Waals surface area (Å²) in [4.78, 5) is 20.7. The fourth-order valence-electron chi connectivity index (χ4n) is 3.95. The topological polar surface area (TPSA) is 60.5 Å². The van der Waals surface area contributed by atoms with Gasteiger partial charge in [0.2, 0.25) is 5.91 Å². The Kier molecular flexibility index (Phi) is 5.92. The highest BCUT2D eigenvalue weighted by Crippen LogP contribution is 2.29. The Labute approximate surface area is 173 Å². The molecule has 30 heavy (non-hydrogen) atoms. The molecular weight excluding hydrogens is 395 g/mol. The standard InChI is InChI=1S/C21H24F3N5O/c22-21(23,24)16-7-8-19(25-14-16)28-9-4-10-29(12-11-28)20(30)18-13-17(26-27-18)15-5-2-1-3-6-15/h1-3,5-8,14,17-18,26-27H,4,9-13H2. The van der Waals surface area contributed by atoms with Gasteiger partial charge in [-0.25, -0.2) is 15.8 Å². The number of carbonyl (C=O) groups is 1. The highest BCUT2D eigenvalue weighted by Gasteiger charge is 2.34. The SMILES string of the molecule is O=C(C1CC(c2ccccc2)NN1)N1CCCN(c2ccc(C(F)(F)F)cn2)CC1. The number of pyridine rings is 1. The third kappa shape index (κ3) is 4.57. The van der Waals surface area contributed by atoms with Crippen LogP contribution >= 0.6 is 0 Å². The summed E-state index contributed by atoms with van der Waals surface area (Å²) in [6.07, 6.45) is -2.13. The predicted octanol–water partition coefficient (Wildman–Crippen LogP) is 2.75. The lowest BCUT2D eigenvalue weighted by molar-refractivity contribution is -0.137. The van der Waals surface area contributed by atoms with E-state index in [1.165, 1.54) is 6.07 Å². The Bertz CT molecular complexity index is 859. The van der Waals surface area contributed by atoms with Crippen LogP contribution in [-0.4, -0.2) is 48.0 Å². The number of benzene rings is 1. The Morgan fingerprint density at radius 2 is 1.80 bits per heavy atom. The zero-order valence-electron chi connectivity index (χ0n) is 16.4. The molecule has 160 valence electrons. The molecule has 1 amide bonds. The first kappa shape index (κ1) is 20.6. The number of anilines is 1. The zero-order chi connectivity index (χ0) is 21.1. The van der Waals surface area contributed by atoms with Crippen LogP contribution in [0.1, 0.15) is 30.0 Å². The van der Waals surface area contributed by atoms with Crippen LogP contribution in [0.3, 0.4) is 0 Å². The molecule has 0 bridgehead atoms. The number of hydrazine groups is 1. The number of amides is 1. The van der Waals surface area contributed by atoms with Crippen LogP contribution in [-0.2, 0) is 11.0 Å². The summed E-state index contributed by atoms with van der Waals surface area (Å²) in [5, 5.41) is 0. The van der Waals surface area contributed by atoms with Crippen molar-refractivity contribution in [3.8, 4) is 0 Å². The van der Waals surface area contributed by atoms with Gasteiger partial charge in [0.25, 0.3) is 0 Å². The third-order valence-corrected chi connectivity index (χ3v) is 5.61. The molecule has 0 radical (unpaired) electrons. The van der Waals surface area contributed by atoms with Crippen LogP contribution in [0.15, 0.2) is 48.7 Å². The molecule has 0 saturated carbocycles. The molecule has 4 rings (SSSR count). The molecule has 2 fully saturated rings. The molecule has 3 heterocycles. The van der Waals surface area contributed by atoms with Crippen LogP contribution in [0.4, 0.5) is 19.0 Å². The van der Waals surface area contributed by atoms with Crippen molar-refractivity contribution in [2.24, 2.45) is 0 Å². The Morgan fingerprint density at radius 3 is 2.50 bits per heavy atom. The van der Waals surface area contributed by atoms with E-state index in [-0.39, 0.29) is 18.0 Å². The average Bonchev–Trinajstić information content (AvgIpc) is 3.11. The summed E-state index contributed by atoms with van der Waals surface area (Å²) in [6.45, 7) is 2.30. The van der Waals surface area contributed by atoms with Gasteiger partial charge in [0.15, 0.2) is 0 Å². The zero-order valence-corrected chi connectivity index (χ0v) is 16.4. The van der Waals surface area contributed by atoms with Gasteiger partial charge in [-0.2, -0.15) is 13.2 Å². The van der Waals surface area contributed by atoms with Crippen LogP contribution in [0.25, 0.3) is 0 Å². The number of alkyl halides is 3. The van der Waals surface area contributed by atoms with Crippen molar-refractivity contribution in [3.63, 3.8) is 0 Å². The maximum atomic E-state index is 13.0. The number of hydrogen-bond donors (Lipinski definition) is 2. The molecule has 2 N–H and O–H groups in total. The largest absolute Gasteiger partial charge is 0.417 e. The van der Waals surface area contributed by atoms with Crippen molar-refractivity contribution in [2.75, 3.05) is 31.1 Å². The smallest absolute Gasteiger partial charge is 0.355 e. The summed E-state index contributed by atoms with van der Waals surface area (Å²) < 4.78 is 38.2. The molecule has 2 unspecified atom stereocenters. The highest BCUT2D eigenvalue weighted by atomic mass is 19.4. The number of nitrogens with one attached hydrogen (secondary N) is 2. The molecule has 1 aromatic heterocycles. The Balaban J connectivity index is 1.34. The van der Waals surface area contributed by atoms with E-state index in [1.54, 1.807) is 0 Å². The quantitative estimate of drug-likeness (QED) is 0.801. The van der Waals surface area contributed by atoms with E-state index in [2.05, 4.69) is 15.8 Å². The minimum Gasteiger partial charge on any atom is -0.355 e. The first-order valence-corrected chi connectivity index (χ1v) is 10.0. The van der Waals surface area contributed by atoms with E-state index in [9.17, 15) is 18.0 Å². The van der Waals surface area contributed by atoms with Gasteiger partial charge >= 0.3 is 6.18 Å². The maximum Gasteiger partial charge on any atom is 0.417 e. The normalized spacial score (nSPS) is 22.8. The number of aromatic nitrogens is 1. The first-order chi connectivity index (χ1) is 14.4. The minimum absolute atomic E-state index is 0.0446. The van der Waals surface area contributed by atoms with Gasteiger partial charge in [-0.3, -0.25) is 4.79 Å². The van der Waals surface area contributed by atoms with E-state index in [1.807, 2.05) is 40.1 Å². The van der Waals surface area contributed by atoms with Gasteiger partial charge in [0.1, 0.15) is 11.9 Å². The maximum absolute atomic E-state index is 13.0. The number of hydrogen-bond acceptors (Lipinski definition) is 5. The first-order valence-electron chi connectivity index (χ1n) is 10.0. The number of halogens is 3. The van der Waals surface area contributed by atoms with Crippen molar-refractivity contribution in [1.29, 1.82) is 0 Å². The lowest BCUT2D eigenvalue weighted by Gasteiger charge is -2.25. The Morgan fingerprint density at radius 1 is 1.00 bits per heavy atom. The highest BCUT2D eigenvalue weighted by molar-refractivity contribution is 5.82. The van der Waals surface area contributed by atoms with E-state index >= 15 is 0 Å². The molecular formula is C21H24F3N5O. The van der Waals surface area contributed by atoms with Crippen LogP contribution in [0.5, 0.6) is 0 Å². The van der Waals surface area contributed by atoms with Crippen molar-refractivity contribution in [3.05, 3.63) is 59.8 Å². The molecule has 9 heteroatoms. The number of nitrogens with zero attached hydrogens (tertiary/aromatic N) is 3. The molecule has 2 atom stereocenters. The van der Waals surface area contributed by atoms with Gasteiger partial charge in [0.05, 0.1) is 5.56 Å². The van der Waals surface area contributed by atoms with Crippen LogP contribution < -0.4 is 15.8 Å². The second-order valence-electron chi connectivity index (χ2n) is 7.61. The van der Waals surface area contributed by atoms with E-state index < -0.39 is 11.7 Å². The molecule has 6 nitrogen and oxygen atoms in total. The Hall–Kier alpha value is -2.65. The van der Waals surface area contributed by atoms with Crippen molar-refractivity contribution in [1.82, 2.24) is 20.7 Å². The van der Waals surface area contributed by atoms with Crippen LogP contribution in [0, 0.1) is 0 Å². The van der Waals surface area contributed by atoms with Gasteiger partial charge < -0.3 is 9.80 Å². The summed E-state index contributed by atoms with van der Waals surface area (Å²) in [6, 6.07) is 12.2. The van der Waals surface area contributed by atoms with Gasteiger partial charge in [0, 0.05) is 38.4 Å². The molecule has 2 aliphatic heterocycles. The van der Waals surface area contributed by atoms with Crippen LogP contribution in [0.2, 0.25) is 0 Å². The van der Waals surface area contributed by atoms with Crippen molar-refractivity contribution in [2.45, 2.75) is 31.1 Å². The molecule has 2 aliphatic rings. The molecule has 0 aliphatic carbocycles. The van der Waals surface area contributed by atoms with E-state index in [4.69, 9.17) is 0 Å². The second-order valence-corrected chi connectivity index (χ2v) is 7.61. The molecule has 2 saturated heterocycles. The minimum atomic E-state index is -4.40. The fourth-order valence-corrected chi connectivity index (χ4v) is 3.95. The molecule has 2 aromatic rings. The second kappa shape index (κ2) is 8.61. The van der Waals surface area contributed by atoms with Gasteiger partial charge in [-0.1, -0.05) is 30.3 Å². The van der Waals surface area contributed by atoms with E-state index in [0.717, 1.165) is 24.2 Å². The summed E-state index contributed by atoms with van der Waals surface area (Å²) in [5.41, 5.74) is 6.69.